The van der Waals surface area contributed by atoms with E-state index in [0.29, 0.717) is 6.04 Å². The molecule has 1 aromatic carbocycles. The Morgan fingerprint density at radius 3 is 1.70 bits per heavy atom. The van der Waals surface area contributed by atoms with E-state index in [9.17, 15) is 4.79 Å². The smallest absolute Gasteiger partial charge is 0.251 e. The summed E-state index contributed by atoms with van der Waals surface area (Å²) < 4.78 is 0. The molecule has 0 aliphatic heterocycles. The molecular weight excluding hydrogens is 430 g/mol. The van der Waals surface area contributed by atoms with Crippen molar-refractivity contribution in [2.45, 2.75) is 103 Å². The van der Waals surface area contributed by atoms with E-state index in [1.807, 2.05) is 43.3 Å². The maximum absolute atomic E-state index is 12.4. The van der Waals surface area contributed by atoms with Crippen LogP contribution in [-0.4, -0.2) is 51.6 Å². The lowest BCUT2D eigenvalue weighted by Gasteiger charge is -2.24. The average molecular weight is 482 g/mol. The molecule has 192 valence electrons. The van der Waals surface area contributed by atoms with E-state index in [4.69, 9.17) is 0 Å². The summed E-state index contributed by atoms with van der Waals surface area (Å²) in [5.41, 5.74) is 1.84. The van der Waals surface area contributed by atoms with E-state index < -0.39 is 0 Å². The monoisotopic (exact) mass is 481 g/mol. The topological polar surface area (TPSA) is 35.6 Å². The highest BCUT2D eigenvalue weighted by Crippen LogP contribution is 2.15. The minimum absolute atomic E-state index is 0. The van der Waals surface area contributed by atoms with Crippen LogP contribution in [0.1, 0.15) is 107 Å². The van der Waals surface area contributed by atoms with E-state index >= 15 is 0 Å². The highest BCUT2D eigenvalue weighted by molar-refractivity contribution is 5.94. The largest absolute Gasteiger partial charge is 0.378 e. The molecule has 1 aromatic rings. The molecule has 0 bridgehead atoms. The summed E-state index contributed by atoms with van der Waals surface area (Å²) in [4.78, 5) is 16.8. The normalized spacial score (nSPS) is 11.8. The highest BCUT2D eigenvalue weighted by Gasteiger charge is 2.12. The minimum atomic E-state index is 0. The van der Waals surface area contributed by atoms with Gasteiger partial charge < -0.3 is 15.1 Å². The third kappa shape index (κ3) is 15.3. The van der Waals surface area contributed by atoms with Crippen molar-refractivity contribution in [1.29, 1.82) is 0 Å². The fourth-order valence-electron chi connectivity index (χ4n) is 4.25. The molecule has 1 amide bonds. The Hall–Kier alpha value is -1.26. The summed E-state index contributed by atoms with van der Waals surface area (Å²) in [5, 5.41) is 3.10. The van der Waals surface area contributed by atoms with Crippen molar-refractivity contribution in [2.24, 2.45) is 0 Å². The highest BCUT2D eigenvalue weighted by atomic mass is 35.5. The van der Waals surface area contributed by atoms with Crippen LogP contribution in [-0.2, 0) is 0 Å². The molecule has 1 atom stereocenters. The molecule has 0 aliphatic rings. The van der Waals surface area contributed by atoms with Gasteiger partial charge in [0.25, 0.3) is 5.91 Å². The Balaban J connectivity index is 0.0000102. The minimum Gasteiger partial charge on any atom is -0.378 e. The molecule has 1 unspecified atom stereocenters. The van der Waals surface area contributed by atoms with Crippen LogP contribution in [0.15, 0.2) is 24.3 Å². The molecule has 0 aliphatic carbocycles. The molecule has 5 heteroatoms. The van der Waals surface area contributed by atoms with Gasteiger partial charge in [-0.05, 0) is 51.2 Å². The van der Waals surface area contributed by atoms with Crippen LogP contribution in [0.2, 0.25) is 0 Å². The number of hydrogen-bond acceptors (Lipinski definition) is 3. The van der Waals surface area contributed by atoms with Gasteiger partial charge in [-0.25, -0.2) is 0 Å². The summed E-state index contributed by atoms with van der Waals surface area (Å²) >= 11 is 0. The van der Waals surface area contributed by atoms with Gasteiger partial charge in [-0.15, -0.1) is 12.4 Å². The van der Waals surface area contributed by atoms with Gasteiger partial charge in [0.2, 0.25) is 0 Å². The van der Waals surface area contributed by atoms with E-state index in [1.165, 1.54) is 83.5 Å². The molecule has 0 spiro atoms. The maximum atomic E-state index is 12.4. The molecule has 0 heterocycles. The van der Waals surface area contributed by atoms with Crippen LogP contribution >= 0.6 is 12.4 Å². The van der Waals surface area contributed by atoms with Gasteiger partial charge in [-0.3, -0.25) is 4.79 Å². The summed E-state index contributed by atoms with van der Waals surface area (Å²) in [7, 11) is 8.33. The van der Waals surface area contributed by atoms with Gasteiger partial charge in [-0.2, -0.15) is 0 Å². The Kier molecular flexibility index (Phi) is 19.4. The lowest BCUT2D eigenvalue weighted by atomic mass is 10.0. The van der Waals surface area contributed by atoms with E-state index in [0.717, 1.165) is 24.2 Å². The number of carbonyl (C=O) groups is 1. The molecule has 0 saturated carbocycles. The molecule has 0 saturated heterocycles. The predicted molar refractivity (Wildman–Crippen MR) is 148 cm³/mol. The van der Waals surface area contributed by atoms with Crippen LogP contribution in [0.5, 0.6) is 0 Å². The fraction of sp³-hybridized carbons (Fsp3) is 0.750. The third-order valence-corrected chi connectivity index (χ3v) is 6.53. The first-order valence-corrected chi connectivity index (χ1v) is 13.2. The van der Waals surface area contributed by atoms with Crippen LogP contribution in [0, 0.1) is 0 Å². The SMILES string of the molecule is CCCCCCCCCCCCCCC(CCNC(=O)c1ccc(N(C)C)cc1)N(C)C.Cl. The number of carbonyl (C=O) groups excluding carboxylic acids is 1. The van der Waals surface area contributed by atoms with Crippen molar-refractivity contribution in [3.63, 3.8) is 0 Å². The molecule has 0 aromatic heterocycles. The van der Waals surface area contributed by atoms with Gasteiger partial charge in [-0.1, -0.05) is 84.0 Å². The number of hydrogen-bond donors (Lipinski definition) is 1. The second-order valence-corrected chi connectivity index (χ2v) is 9.78. The molecular formula is C28H52ClN3O. The number of nitrogens with one attached hydrogen (secondary N) is 1. The van der Waals surface area contributed by atoms with E-state index in [2.05, 4.69) is 31.2 Å². The lowest BCUT2D eigenvalue weighted by molar-refractivity contribution is 0.0949. The zero-order valence-electron chi connectivity index (χ0n) is 22.2. The predicted octanol–water partition coefficient (Wildman–Crippen LogP) is 7.32. The van der Waals surface area contributed by atoms with Crippen molar-refractivity contribution >= 4 is 24.0 Å². The fourth-order valence-corrected chi connectivity index (χ4v) is 4.25. The molecule has 1 N–H and O–H groups in total. The Labute approximate surface area is 211 Å². The number of amides is 1. The Morgan fingerprint density at radius 1 is 0.758 bits per heavy atom. The third-order valence-electron chi connectivity index (χ3n) is 6.53. The number of nitrogens with zero attached hydrogens (tertiary/aromatic N) is 2. The van der Waals surface area contributed by atoms with Crippen molar-refractivity contribution in [3.8, 4) is 0 Å². The molecule has 0 fully saturated rings. The lowest BCUT2D eigenvalue weighted by Crippen LogP contribution is -2.33. The standard InChI is InChI=1S/C28H51N3O.ClH/c1-6-7-8-9-10-11-12-13-14-15-16-17-18-26(30(2)3)23-24-29-28(32)25-19-21-27(22-20-25)31(4)5;/h19-22,26H,6-18,23-24H2,1-5H3,(H,29,32);1H. The van der Waals surface area contributed by atoms with Crippen molar-refractivity contribution in [1.82, 2.24) is 10.2 Å². The molecule has 4 nitrogen and oxygen atoms in total. The van der Waals surface area contributed by atoms with Gasteiger partial charge in [0, 0.05) is 37.9 Å². The second kappa shape index (κ2) is 20.1. The quantitative estimate of drug-likeness (QED) is 0.210. The van der Waals surface area contributed by atoms with Gasteiger partial charge in [0.15, 0.2) is 0 Å². The van der Waals surface area contributed by atoms with E-state index in [-0.39, 0.29) is 18.3 Å². The summed E-state index contributed by atoms with van der Waals surface area (Å²) in [6.45, 7) is 3.01. The summed E-state index contributed by atoms with van der Waals surface area (Å²) in [5.74, 6) is 0.0261. The molecule has 1 rings (SSSR count). The summed E-state index contributed by atoms with van der Waals surface area (Å²) in [6.07, 6.45) is 18.9. The van der Waals surface area contributed by atoms with Crippen LogP contribution in [0.3, 0.4) is 0 Å². The zero-order chi connectivity index (χ0) is 23.6. The van der Waals surface area contributed by atoms with Crippen LogP contribution in [0.25, 0.3) is 0 Å². The van der Waals surface area contributed by atoms with Crippen molar-refractivity contribution in [3.05, 3.63) is 29.8 Å². The first kappa shape index (κ1) is 31.7. The molecule has 0 radical (unpaired) electrons. The number of rotatable bonds is 19. The molecule has 33 heavy (non-hydrogen) atoms. The van der Waals surface area contributed by atoms with Gasteiger partial charge in [0.1, 0.15) is 0 Å². The van der Waals surface area contributed by atoms with Crippen LogP contribution in [0.4, 0.5) is 5.69 Å². The number of halogens is 1. The van der Waals surface area contributed by atoms with Gasteiger partial charge in [0.05, 0.1) is 0 Å². The van der Waals surface area contributed by atoms with Crippen molar-refractivity contribution in [2.75, 3.05) is 39.6 Å². The maximum Gasteiger partial charge on any atom is 0.251 e. The number of anilines is 1. The Morgan fingerprint density at radius 2 is 1.24 bits per heavy atom. The second-order valence-electron chi connectivity index (χ2n) is 9.78. The first-order chi connectivity index (χ1) is 15.5. The van der Waals surface area contributed by atoms with Crippen molar-refractivity contribution < 1.29 is 4.79 Å². The summed E-state index contributed by atoms with van der Waals surface area (Å²) in [6, 6.07) is 8.33. The zero-order valence-corrected chi connectivity index (χ0v) is 23.0. The number of unbranched alkanes of at least 4 members (excludes halogenated alkanes) is 11. The number of benzene rings is 1. The van der Waals surface area contributed by atoms with E-state index in [1.54, 1.807) is 0 Å². The average Bonchev–Trinajstić information content (AvgIpc) is 2.78. The van der Waals surface area contributed by atoms with Gasteiger partial charge >= 0.3 is 0 Å². The van der Waals surface area contributed by atoms with Crippen LogP contribution < -0.4 is 10.2 Å². The first-order valence-electron chi connectivity index (χ1n) is 13.2. The Bertz CT molecular complexity index is 589.